The van der Waals surface area contributed by atoms with Crippen LogP contribution in [0.15, 0.2) is 48.7 Å². The van der Waals surface area contributed by atoms with E-state index in [-0.39, 0.29) is 11.4 Å². The van der Waals surface area contributed by atoms with Crippen molar-refractivity contribution < 1.29 is 9.31 Å². The molecule has 0 fully saturated rings. The highest BCUT2D eigenvalue weighted by atomic mass is 19.1. The fourth-order valence-electron chi connectivity index (χ4n) is 2.28. The molecular formula is C15H12FN3O2. The molecule has 3 rings (SSSR count). The number of hydrogen-bond donors (Lipinski definition) is 2. The van der Waals surface area contributed by atoms with Gasteiger partial charge in [-0.3, -0.25) is 10.1 Å². The van der Waals surface area contributed by atoms with Gasteiger partial charge in [0, 0.05) is 35.8 Å². The molecule has 0 saturated carbocycles. The van der Waals surface area contributed by atoms with Crippen molar-refractivity contribution in [3.63, 3.8) is 0 Å². The third kappa shape index (κ3) is 2.55. The van der Waals surface area contributed by atoms with Gasteiger partial charge in [0.25, 0.3) is 5.69 Å². The topological polar surface area (TPSA) is 71.0 Å². The van der Waals surface area contributed by atoms with E-state index in [1.165, 1.54) is 0 Å². The van der Waals surface area contributed by atoms with Gasteiger partial charge in [0.2, 0.25) is 0 Å². The Morgan fingerprint density at radius 2 is 2.05 bits per heavy atom. The van der Waals surface area contributed by atoms with Crippen LogP contribution in [-0.2, 0) is 6.54 Å². The van der Waals surface area contributed by atoms with Crippen LogP contribution in [0.2, 0.25) is 0 Å². The van der Waals surface area contributed by atoms with Gasteiger partial charge >= 0.3 is 0 Å². The third-order valence-electron chi connectivity index (χ3n) is 3.30. The maximum atomic E-state index is 13.3. The van der Waals surface area contributed by atoms with Crippen molar-refractivity contribution in [2.24, 2.45) is 0 Å². The number of nitrogens with zero attached hydrogens (tertiary/aromatic N) is 1. The number of fused-ring (bicyclic) bond motifs is 1. The molecule has 0 saturated heterocycles. The minimum absolute atomic E-state index is 0.142. The molecule has 0 bridgehead atoms. The van der Waals surface area contributed by atoms with Crippen molar-refractivity contribution in [1.82, 2.24) is 4.98 Å². The molecule has 0 aliphatic carbocycles. The monoisotopic (exact) mass is 285 g/mol. The lowest BCUT2D eigenvalue weighted by molar-refractivity contribution is -0.384. The second-order valence-corrected chi connectivity index (χ2v) is 4.63. The number of anilines is 1. The Bertz CT molecular complexity index is 814. The number of benzene rings is 2. The van der Waals surface area contributed by atoms with Crippen molar-refractivity contribution >= 4 is 22.3 Å². The van der Waals surface area contributed by atoms with E-state index in [4.69, 9.17) is 0 Å². The summed E-state index contributed by atoms with van der Waals surface area (Å²) in [5, 5.41) is 14.9. The van der Waals surface area contributed by atoms with E-state index in [0.717, 1.165) is 34.7 Å². The second kappa shape index (κ2) is 5.24. The molecule has 3 aromatic rings. The van der Waals surface area contributed by atoms with Gasteiger partial charge in [0.1, 0.15) is 11.5 Å². The van der Waals surface area contributed by atoms with Gasteiger partial charge in [-0.05, 0) is 17.7 Å². The molecular weight excluding hydrogens is 273 g/mol. The van der Waals surface area contributed by atoms with E-state index in [0.29, 0.717) is 6.54 Å². The number of nitro benzene ring substituents is 1. The van der Waals surface area contributed by atoms with Gasteiger partial charge in [0.05, 0.1) is 4.92 Å². The molecule has 0 atom stereocenters. The van der Waals surface area contributed by atoms with Crippen molar-refractivity contribution in [3.8, 4) is 0 Å². The number of rotatable bonds is 4. The van der Waals surface area contributed by atoms with Crippen molar-refractivity contribution in [2.75, 3.05) is 5.32 Å². The zero-order valence-electron chi connectivity index (χ0n) is 11.0. The smallest absolute Gasteiger partial charge is 0.292 e. The molecule has 0 aliphatic rings. The summed E-state index contributed by atoms with van der Waals surface area (Å²) in [6, 6.07) is 11.1. The van der Waals surface area contributed by atoms with Gasteiger partial charge in [-0.15, -0.1) is 0 Å². The number of para-hydroxylation sites is 1. The fourth-order valence-corrected chi connectivity index (χ4v) is 2.28. The molecule has 2 aromatic carbocycles. The number of nitrogens with one attached hydrogen (secondary N) is 2. The number of aromatic nitrogens is 1. The number of hydrogen-bond acceptors (Lipinski definition) is 3. The van der Waals surface area contributed by atoms with Gasteiger partial charge in [0.15, 0.2) is 0 Å². The van der Waals surface area contributed by atoms with Crippen LogP contribution < -0.4 is 5.32 Å². The molecule has 21 heavy (non-hydrogen) atoms. The Morgan fingerprint density at radius 3 is 2.86 bits per heavy atom. The lowest BCUT2D eigenvalue weighted by atomic mass is 10.1. The van der Waals surface area contributed by atoms with E-state index in [1.807, 2.05) is 30.5 Å². The lowest BCUT2D eigenvalue weighted by Crippen LogP contribution is -2.02. The van der Waals surface area contributed by atoms with Crippen molar-refractivity contribution in [1.29, 1.82) is 0 Å². The lowest BCUT2D eigenvalue weighted by Gasteiger charge is -2.06. The maximum Gasteiger partial charge on any atom is 0.292 e. The van der Waals surface area contributed by atoms with Crippen LogP contribution in [-0.4, -0.2) is 9.91 Å². The van der Waals surface area contributed by atoms with Gasteiger partial charge < -0.3 is 10.3 Å². The van der Waals surface area contributed by atoms with Crippen molar-refractivity contribution in [3.05, 3.63) is 70.2 Å². The molecule has 1 aromatic heterocycles. The van der Waals surface area contributed by atoms with E-state index < -0.39 is 10.7 Å². The van der Waals surface area contributed by atoms with Gasteiger partial charge in [-0.1, -0.05) is 18.2 Å². The molecule has 0 spiro atoms. The van der Waals surface area contributed by atoms with Crippen LogP contribution in [0.25, 0.3) is 10.9 Å². The van der Waals surface area contributed by atoms with Crippen LogP contribution in [0.3, 0.4) is 0 Å². The highest BCUT2D eigenvalue weighted by Crippen LogP contribution is 2.26. The Hall–Kier alpha value is -2.89. The third-order valence-corrected chi connectivity index (χ3v) is 3.30. The average molecular weight is 285 g/mol. The van der Waals surface area contributed by atoms with Crippen LogP contribution in [0.5, 0.6) is 0 Å². The predicted octanol–water partition coefficient (Wildman–Crippen LogP) is 3.83. The highest BCUT2D eigenvalue weighted by Gasteiger charge is 2.14. The number of aromatic amines is 1. The van der Waals surface area contributed by atoms with E-state index in [9.17, 15) is 14.5 Å². The summed E-state index contributed by atoms with van der Waals surface area (Å²) in [4.78, 5) is 13.5. The summed E-state index contributed by atoms with van der Waals surface area (Å²) >= 11 is 0. The van der Waals surface area contributed by atoms with Gasteiger partial charge in [-0.2, -0.15) is 0 Å². The van der Waals surface area contributed by atoms with Crippen LogP contribution in [0.1, 0.15) is 5.56 Å². The second-order valence-electron chi connectivity index (χ2n) is 4.63. The molecule has 6 heteroatoms. The number of halogens is 1. The predicted molar refractivity (Wildman–Crippen MR) is 78.7 cm³/mol. The van der Waals surface area contributed by atoms with Crippen molar-refractivity contribution in [2.45, 2.75) is 6.54 Å². The molecule has 106 valence electrons. The van der Waals surface area contributed by atoms with Gasteiger partial charge in [-0.25, -0.2) is 4.39 Å². The molecule has 0 amide bonds. The Morgan fingerprint density at radius 1 is 1.24 bits per heavy atom. The minimum Gasteiger partial charge on any atom is -0.375 e. The zero-order valence-corrected chi connectivity index (χ0v) is 11.0. The van der Waals surface area contributed by atoms with E-state index >= 15 is 0 Å². The first-order chi connectivity index (χ1) is 10.1. The maximum absolute atomic E-state index is 13.3. The quantitative estimate of drug-likeness (QED) is 0.565. The van der Waals surface area contributed by atoms with Crippen LogP contribution >= 0.6 is 0 Å². The average Bonchev–Trinajstić information content (AvgIpc) is 2.88. The molecule has 0 unspecified atom stereocenters. The standard InChI is InChI=1S/C15H12FN3O2/c16-11-5-6-15(19(20)21)14(7-11)18-9-10-8-17-13-4-2-1-3-12(10)13/h1-8,17-18H,9H2. The fraction of sp³-hybridized carbons (Fsp3) is 0.0667. The molecule has 2 N–H and O–H groups in total. The zero-order chi connectivity index (χ0) is 14.8. The minimum atomic E-state index is -0.531. The summed E-state index contributed by atoms with van der Waals surface area (Å²) in [6.07, 6.45) is 1.84. The summed E-state index contributed by atoms with van der Waals surface area (Å²) < 4.78 is 13.3. The van der Waals surface area contributed by atoms with Crippen LogP contribution in [0, 0.1) is 15.9 Å². The summed E-state index contributed by atoms with van der Waals surface area (Å²) in [5.41, 5.74) is 1.98. The highest BCUT2D eigenvalue weighted by molar-refractivity contribution is 5.83. The largest absolute Gasteiger partial charge is 0.375 e. The van der Waals surface area contributed by atoms with E-state index in [1.54, 1.807) is 0 Å². The van der Waals surface area contributed by atoms with Crippen LogP contribution in [0.4, 0.5) is 15.8 Å². The molecule has 0 aliphatic heterocycles. The van der Waals surface area contributed by atoms with E-state index in [2.05, 4.69) is 10.3 Å². The first-order valence-electron chi connectivity index (χ1n) is 6.38. The Labute approximate surface area is 119 Å². The summed E-state index contributed by atoms with van der Waals surface area (Å²) in [7, 11) is 0. The SMILES string of the molecule is O=[N+]([O-])c1ccc(F)cc1NCc1c[nH]c2ccccc12. The first-order valence-corrected chi connectivity index (χ1v) is 6.38. The summed E-state index contributed by atoms with van der Waals surface area (Å²) in [6.45, 7) is 0.369. The molecule has 0 radical (unpaired) electrons. The number of nitro groups is 1. The Balaban J connectivity index is 1.88. The first kappa shape index (κ1) is 13.1. The summed E-state index contributed by atoms with van der Waals surface area (Å²) in [5.74, 6) is -0.512. The molecule has 5 nitrogen and oxygen atoms in total. The Kier molecular flexibility index (Phi) is 3.27. The normalized spacial score (nSPS) is 10.7. The number of H-pyrrole nitrogens is 1. The molecule has 1 heterocycles.